The van der Waals surface area contributed by atoms with E-state index in [1.165, 1.54) is 0 Å². The molecule has 2 heterocycles. The van der Waals surface area contributed by atoms with Crippen molar-refractivity contribution in [3.63, 3.8) is 0 Å². The Morgan fingerprint density at radius 2 is 2.28 bits per heavy atom. The largest absolute Gasteiger partial charge is 0.382 e. The van der Waals surface area contributed by atoms with Crippen molar-refractivity contribution in [2.45, 2.75) is 13.0 Å². The van der Waals surface area contributed by atoms with E-state index in [0.717, 1.165) is 13.0 Å². The Labute approximate surface area is 104 Å². The molecule has 2 aromatic rings. The quantitative estimate of drug-likeness (QED) is 0.728. The summed E-state index contributed by atoms with van der Waals surface area (Å²) in [6, 6.07) is 3.10. The predicted molar refractivity (Wildman–Crippen MR) is 65.6 cm³/mol. The standard InChI is InChI=1S/C11H14N6O/c12-10-3-2-9(15-16-10)11(18)14-4-1-6-17-7-5-13-8-17/h2-3,5,7-8H,1,4,6H2,(H2,12,16)(H,14,18). The van der Waals surface area contributed by atoms with Crippen LogP contribution < -0.4 is 11.1 Å². The molecule has 0 saturated heterocycles. The Kier molecular flexibility index (Phi) is 3.85. The summed E-state index contributed by atoms with van der Waals surface area (Å²) in [5.74, 6) is 0.0554. The normalized spacial score (nSPS) is 10.2. The molecule has 0 fully saturated rings. The molecule has 0 aliphatic heterocycles. The number of nitrogen functional groups attached to an aromatic ring is 1. The fourth-order valence-electron chi connectivity index (χ4n) is 1.44. The summed E-state index contributed by atoms with van der Waals surface area (Å²) >= 11 is 0. The predicted octanol–water partition coefficient (Wildman–Crippen LogP) is 0.0754. The first-order valence-electron chi connectivity index (χ1n) is 5.59. The van der Waals surface area contributed by atoms with Crippen LogP contribution in [0.2, 0.25) is 0 Å². The molecule has 3 N–H and O–H groups in total. The summed E-state index contributed by atoms with van der Waals surface area (Å²) in [7, 11) is 0. The summed E-state index contributed by atoms with van der Waals surface area (Å²) in [4.78, 5) is 15.6. The number of hydrogen-bond acceptors (Lipinski definition) is 5. The highest BCUT2D eigenvalue weighted by atomic mass is 16.1. The van der Waals surface area contributed by atoms with Crippen LogP contribution in [0.25, 0.3) is 0 Å². The van der Waals surface area contributed by atoms with Crippen LogP contribution in [0.4, 0.5) is 5.82 Å². The molecule has 1 amide bonds. The number of imidazole rings is 1. The van der Waals surface area contributed by atoms with E-state index in [0.29, 0.717) is 12.4 Å². The minimum atomic E-state index is -0.242. The number of aryl methyl sites for hydroxylation is 1. The van der Waals surface area contributed by atoms with Gasteiger partial charge >= 0.3 is 0 Å². The van der Waals surface area contributed by atoms with Gasteiger partial charge in [0.1, 0.15) is 5.82 Å². The summed E-state index contributed by atoms with van der Waals surface area (Å²) in [6.45, 7) is 1.39. The van der Waals surface area contributed by atoms with E-state index in [1.807, 2.05) is 10.8 Å². The third-order valence-corrected chi connectivity index (χ3v) is 2.36. The van der Waals surface area contributed by atoms with Gasteiger partial charge in [0.2, 0.25) is 0 Å². The molecule has 18 heavy (non-hydrogen) atoms. The van der Waals surface area contributed by atoms with Crippen LogP contribution in [0.3, 0.4) is 0 Å². The molecule has 0 atom stereocenters. The first-order chi connectivity index (χ1) is 8.75. The van der Waals surface area contributed by atoms with Crippen molar-refractivity contribution in [3.8, 4) is 0 Å². The van der Waals surface area contributed by atoms with Crippen LogP contribution in [-0.2, 0) is 6.54 Å². The molecule has 94 valence electrons. The summed E-state index contributed by atoms with van der Waals surface area (Å²) in [5.41, 5.74) is 5.66. The average Bonchev–Trinajstić information content (AvgIpc) is 2.88. The molecule has 2 rings (SSSR count). The second kappa shape index (κ2) is 5.76. The third kappa shape index (κ3) is 3.27. The van der Waals surface area contributed by atoms with E-state index in [2.05, 4.69) is 20.5 Å². The van der Waals surface area contributed by atoms with Crippen molar-refractivity contribution in [1.82, 2.24) is 25.1 Å². The molecule has 0 aromatic carbocycles. The number of hydrogen-bond donors (Lipinski definition) is 2. The van der Waals surface area contributed by atoms with E-state index in [1.54, 1.807) is 24.7 Å². The summed E-state index contributed by atoms with van der Waals surface area (Å²) in [6.07, 6.45) is 6.17. The van der Waals surface area contributed by atoms with Crippen molar-refractivity contribution < 1.29 is 4.79 Å². The van der Waals surface area contributed by atoms with Gasteiger partial charge < -0.3 is 15.6 Å². The van der Waals surface area contributed by atoms with Gasteiger partial charge in [-0.3, -0.25) is 4.79 Å². The zero-order chi connectivity index (χ0) is 12.8. The lowest BCUT2D eigenvalue weighted by Crippen LogP contribution is -2.26. The van der Waals surface area contributed by atoms with E-state index in [4.69, 9.17) is 5.73 Å². The fraction of sp³-hybridized carbons (Fsp3) is 0.273. The van der Waals surface area contributed by atoms with Gasteiger partial charge in [0.15, 0.2) is 5.69 Å². The number of aromatic nitrogens is 4. The van der Waals surface area contributed by atoms with Crippen molar-refractivity contribution in [1.29, 1.82) is 0 Å². The molecule has 0 unspecified atom stereocenters. The number of amides is 1. The van der Waals surface area contributed by atoms with Gasteiger partial charge in [-0.1, -0.05) is 0 Å². The number of nitrogens with zero attached hydrogens (tertiary/aromatic N) is 4. The molecule has 2 aromatic heterocycles. The average molecular weight is 246 g/mol. The first kappa shape index (κ1) is 12.0. The van der Waals surface area contributed by atoms with Crippen LogP contribution in [0.1, 0.15) is 16.9 Å². The lowest BCUT2D eigenvalue weighted by Gasteiger charge is -2.04. The number of nitrogens with one attached hydrogen (secondary N) is 1. The monoisotopic (exact) mass is 246 g/mol. The number of carbonyl (C=O) groups is 1. The van der Waals surface area contributed by atoms with Crippen LogP contribution >= 0.6 is 0 Å². The van der Waals surface area contributed by atoms with Crippen molar-refractivity contribution in [2.75, 3.05) is 12.3 Å². The van der Waals surface area contributed by atoms with Gasteiger partial charge in [0, 0.05) is 25.5 Å². The van der Waals surface area contributed by atoms with Crippen LogP contribution in [0.5, 0.6) is 0 Å². The number of rotatable bonds is 5. The number of carbonyl (C=O) groups excluding carboxylic acids is 1. The second-order valence-electron chi connectivity index (χ2n) is 3.75. The van der Waals surface area contributed by atoms with Gasteiger partial charge in [0.05, 0.1) is 6.33 Å². The van der Waals surface area contributed by atoms with Crippen molar-refractivity contribution in [2.24, 2.45) is 0 Å². The highest BCUT2D eigenvalue weighted by Gasteiger charge is 2.06. The Bertz CT molecular complexity index is 493. The number of nitrogens with two attached hydrogens (primary N) is 1. The third-order valence-electron chi connectivity index (χ3n) is 2.36. The lowest BCUT2D eigenvalue weighted by atomic mass is 10.3. The highest BCUT2D eigenvalue weighted by Crippen LogP contribution is 1.97. The maximum absolute atomic E-state index is 11.6. The van der Waals surface area contributed by atoms with E-state index in [9.17, 15) is 4.79 Å². The topological polar surface area (TPSA) is 98.7 Å². The molecule has 7 nitrogen and oxygen atoms in total. The van der Waals surface area contributed by atoms with Gasteiger partial charge in [0.25, 0.3) is 5.91 Å². The molecule has 0 bridgehead atoms. The highest BCUT2D eigenvalue weighted by molar-refractivity contribution is 5.92. The molecular weight excluding hydrogens is 232 g/mol. The van der Waals surface area contributed by atoms with E-state index >= 15 is 0 Å². The maximum atomic E-state index is 11.6. The SMILES string of the molecule is Nc1ccc(C(=O)NCCCn2ccnc2)nn1. The Morgan fingerprint density at radius 1 is 1.39 bits per heavy atom. The lowest BCUT2D eigenvalue weighted by molar-refractivity contribution is 0.0947. The van der Waals surface area contributed by atoms with E-state index < -0.39 is 0 Å². The summed E-state index contributed by atoms with van der Waals surface area (Å²) < 4.78 is 1.95. The zero-order valence-corrected chi connectivity index (χ0v) is 9.78. The van der Waals surface area contributed by atoms with E-state index in [-0.39, 0.29) is 11.6 Å². The first-order valence-corrected chi connectivity index (χ1v) is 5.59. The molecule has 0 aliphatic rings. The molecule has 0 spiro atoms. The second-order valence-corrected chi connectivity index (χ2v) is 3.75. The minimum Gasteiger partial charge on any atom is -0.382 e. The van der Waals surface area contributed by atoms with Gasteiger partial charge in [-0.05, 0) is 18.6 Å². The molecule has 7 heteroatoms. The molecule has 0 radical (unpaired) electrons. The Hall–Kier alpha value is -2.44. The Balaban J connectivity index is 1.73. The molecular formula is C11H14N6O. The summed E-state index contributed by atoms with van der Waals surface area (Å²) in [5, 5.41) is 10.1. The zero-order valence-electron chi connectivity index (χ0n) is 9.78. The van der Waals surface area contributed by atoms with Crippen molar-refractivity contribution >= 4 is 11.7 Å². The fourth-order valence-corrected chi connectivity index (χ4v) is 1.44. The van der Waals surface area contributed by atoms with Gasteiger partial charge in [-0.15, -0.1) is 10.2 Å². The maximum Gasteiger partial charge on any atom is 0.271 e. The van der Waals surface area contributed by atoms with Crippen LogP contribution in [0, 0.1) is 0 Å². The van der Waals surface area contributed by atoms with Gasteiger partial charge in [-0.25, -0.2) is 4.98 Å². The molecule has 0 saturated carbocycles. The Morgan fingerprint density at radius 3 is 2.94 bits per heavy atom. The van der Waals surface area contributed by atoms with Crippen molar-refractivity contribution in [3.05, 3.63) is 36.5 Å². The molecule has 0 aliphatic carbocycles. The smallest absolute Gasteiger partial charge is 0.271 e. The minimum absolute atomic E-state index is 0.242. The number of anilines is 1. The van der Waals surface area contributed by atoms with Crippen LogP contribution in [-0.4, -0.2) is 32.2 Å². The van der Waals surface area contributed by atoms with Crippen LogP contribution in [0.15, 0.2) is 30.9 Å². The van der Waals surface area contributed by atoms with Gasteiger partial charge in [-0.2, -0.15) is 0 Å².